The van der Waals surface area contributed by atoms with E-state index in [1.165, 1.54) is 18.2 Å². The van der Waals surface area contributed by atoms with Crippen molar-refractivity contribution >= 4 is 11.8 Å². The smallest absolute Gasteiger partial charge is 0.255 e. The fourth-order valence-corrected chi connectivity index (χ4v) is 3.61. The molecule has 0 radical (unpaired) electrons. The van der Waals surface area contributed by atoms with Gasteiger partial charge >= 0.3 is 0 Å². The highest BCUT2D eigenvalue weighted by Gasteiger charge is 2.20. The average molecular weight is 366 g/mol. The van der Waals surface area contributed by atoms with E-state index in [-0.39, 0.29) is 18.2 Å². The maximum absolute atomic E-state index is 12.2. The number of fused-ring (bicyclic) bond motifs is 1. The van der Waals surface area contributed by atoms with E-state index in [2.05, 4.69) is 34.9 Å². The lowest BCUT2D eigenvalue weighted by Crippen LogP contribution is -2.33. The standard InChI is InChI=1S/C22H26N2O3/c1-27-20-12-5-4-11-19(20)22(26)23-14-13-21(25)24-15-17-9-6-8-16-7-2-3-10-18(16)17/h2-5,7,10-12,17H,6,8-9,13-15H2,1H3,(H,23,26)(H,24,25). The predicted octanol–water partition coefficient (Wildman–Crippen LogP) is 3.05. The van der Waals surface area contributed by atoms with Crippen molar-refractivity contribution in [3.05, 3.63) is 65.2 Å². The Kier molecular flexibility index (Phi) is 6.47. The Morgan fingerprint density at radius 3 is 2.70 bits per heavy atom. The summed E-state index contributed by atoms with van der Waals surface area (Å²) in [6.45, 7) is 0.945. The molecule has 0 saturated carbocycles. The van der Waals surface area contributed by atoms with E-state index in [9.17, 15) is 9.59 Å². The lowest BCUT2D eigenvalue weighted by molar-refractivity contribution is -0.121. The molecule has 5 nitrogen and oxygen atoms in total. The summed E-state index contributed by atoms with van der Waals surface area (Å²) in [4.78, 5) is 24.4. The molecule has 1 unspecified atom stereocenters. The van der Waals surface area contributed by atoms with Crippen LogP contribution in [0.15, 0.2) is 48.5 Å². The van der Waals surface area contributed by atoms with Crippen LogP contribution in [0.5, 0.6) is 5.75 Å². The van der Waals surface area contributed by atoms with Gasteiger partial charge in [0, 0.05) is 25.4 Å². The van der Waals surface area contributed by atoms with Gasteiger partial charge in [-0.3, -0.25) is 9.59 Å². The minimum absolute atomic E-state index is 0.0432. The molecule has 1 aliphatic carbocycles. The van der Waals surface area contributed by atoms with Crippen molar-refractivity contribution in [2.75, 3.05) is 20.2 Å². The Balaban J connectivity index is 1.44. The van der Waals surface area contributed by atoms with Gasteiger partial charge in [-0.15, -0.1) is 0 Å². The minimum Gasteiger partial charge on any atom is -0.496 e. The highest BCUT2D eigenvalue weighted by molar-refractivity contribution is 5.97. The van der Waals surface area contributed by atoms with Crippen LogP contribution in [0.1, 0.15) is 46.7 Å². The third-order valence-electron chi connectivity index (χ3n) is 5.03. The molecule has 142 valence electrons. The van der Waals surface area contributed by atoms with Crippen LogP contribution >= 0.6 is 0 Å². The molecular formula is C22H26N2O3. The van der Waals surface area contributed by atoms with Gasteiger partial charge in [0.1, 0.15) is 5.75 Å². The average Bonchev–Trinajstić information content (AvgIpc) is 2.72. The van der Waals surface area contributed by atoms with Crippen molar-refractivity contribution in [3.8, 4) is 5.75 Å². The van der Waals surface area contributed by atoms with Crippen LogP contribution in [-0.4, -0.2) is 32.0 Å². The number of para-hydroxylation sites is 1. The van der Waals surface area contributed by atoms with Crippen molar-refractivity contribution in [2.24, 2.45) is 0 Å². The fourth-order valence-electron chi connectivity index (χ4n) is 3.61. The molecule has 2 N–H and O–H groups in total. The molecule has 3 rings (SSSR count). The van der Waals surface area contributed by atoms with Crippen LogP contribution in [0.25, 0.3) is 0 Å². The number of carbonyl (C=O) groups excluding carboxylic acids is 2. The zero-order valence-electron chi connectivity index (χ0n) is 15.7. The molecule has 0 bridgehead atoms. The molecule has 0 saturated heterocycles. The fraction of sp³-hybridized carbons (Fsp3) is 0.364. The van der Waals surface area contributed by atoms with Crippen molar-refractivity contribution in [1.82, 2.24) is 10.6 Å². The zero-order valence-corrected chi connectivity index (χ0v) is 15.7. The number of nitrogens with one attached hydrogen (secondary N) is 2. The number of hydrogen-bond donors (Lipinski definition) is 2. The predicted molar refractivity (Wildman–Crippen MR) is 105 cm³/mol. The number of hydrogen-bond acceptors (Lipinski definition) is 3. The van der Waals surface area contributed by atoms with Gasteiger partial charge in [0.05, 0.1) is 12.7 Å². The van der Waals surface area contributed by atoms with Crippen molar-refractivity contribution in [1.29, 1.82) is 0 Å². The van der Waals surface area contributed by atoms with Crippen LogP contribution in [0.2, 0.25) is 0 Å². The largest absolute Gasteiger partial charge is 0.496 e. The van der Waals surface area contributed by atoms with Crippen LogP contribution in [0.4, 0.5) is 0 Å². The number of amides is 2. The summed E-state index contributed by atoms with van der Waals surface area (Å²) >= 11 is 0. The van der Waals surface area contributed by atoms with E-state index in [1.807, 2.05) is 6.07 Å². The minimum atomic E-state index is -0.235. The number of methoxy groups -OCH3 is 1. The van der Waals surface area contributed by atoms with Gasteiger partial charge in [-0.2, -0.15) is 0 Å². The zero-order chi connectivity index (χ0) is 19.1. The first-order valence-corrected chi connectivity index (χ1v) is 9.44. The molecule has 0 aliphatic heterocycles. The van der Waals surface area contributed by atoms with Gasteiger partial charge < -0.3 is 15.4 Å². The monoisotopic (exact) mass is 366 g/mol. The third kappa shape index (κ3) is 4.88. The summed E-state index contributed by atoms with van der Waals surface area (Å²) < 4.78 is 5.19. The summed E-state index contributed by atoms with van der Waals surface area (Å²) in [6.07, 6.45) is 3.64. The summed E-state index contributed by atoms with van der Waals surface area (Å²) in [7, 11) is 1.53. The van der Waals surface area contributed by atoms with Gasteiger partial charge in [-0.05, 0) is 42.5 Å². The van der Waals surface area contributed by atoms with Crippen LogP contribution in [-0.2, 0) is 11.2 Å². The molecule has 2 aromatic rings. The Morgan fingerprint density at radius 1 is 1.07 bits per heavy atom. The Labute approximate surface area is 160 Å². The second kappa shape index (κ2) is 9.21. The SMILES string of the molecule is COc1ccccc1C(=O)NCCC(=O)NCC1CCCc2ccccc21. The Bertz CT molecular complexity index is 804. The van der Waals surface area contributed by atoms with Crippen molar-refractivity contribution < 1.29 is 14.3 Å². The summed E-state index contributed by atoms with van der Waals surface area (Å²) in [5.74, 6) is 0.623. The second-order valence-corrected chi connectivity index (χ2v) is 6.80. The molecule has 0 aromatic heterocycles. The highest BCUT2D eigenvalue weighted by Crippen LogP contribution is 2.30. The number of ether oxygens (including phenoxy) is 1. The number of benzene rings is 2. The van der Waals surface area contributed by atoms with E-state index in [0.29, 0.717) is 30.3 Å². The third-order valence-corrected chi connectivity index (χ3v) is 5.03. The van der Waals surface area contributed by atoms with Gasteiger partial charge in [0.15, 0.2) is 0 Å². The van der Waals surface area contributed by atoms with E-state index in [0.717, 1.165) is 19.3 Å². The van der Waals surface area contributed by atoms with Gasteiger partial charge in [0.2, 0.25) is 5.91 Å². The van der Waals surface area contributed by atoms with Crippen molar-refractivity contribution in [2.45, 2.75) is 31.6 Å². The van der Waals surface area contributed by atoms with E-state index in [1.54, 1.807) is 18.2 Å². The molecule has 1 aliphatic rings. The van der Waals surface area contributed by atoms with Crippen LogP contribution < -0.4 is 15.4 Å². The number of rotatable bonds is 7. The first-order valence-electron chi connectivity index (χ1n) is 9.44. The summed E-state index contributed by atoms with van der Waals surface area (Å²) in [6, 6.07) is 15.5. The lowest BCUT2D eigenvalue weighted by atomic mass is 9.83. The molecule has 1 atom stereocenters. The molecule has 0 heterocycles. The Morgan fingerprint density at radius 2 is 1.85 bits per heavy atom. The maximum atomic E-state index is 12.2. The quantitative estimate of drug-likeness (QED) is 0.791. The maximum Gasteiger partial charge on any atom is 0.255 e. The van der Waals surface area contributed by atoms with E-state index >= 15 is 0 Å². The molecule has 0 spiro atoms. The van der Waals surface area contributed by atoms with Crippen LogP contribution in [0, 0.1) is 0 Å². The molecule has 2 amide bonds. The Hall–Kier alpha value is -2.82. The summed E-state index contributed by atoms with van der Waals surface area (Å²) in [5, 5.41) is 5.79. The van der Waals surface area contributed by atoms with Crippen molar-refractivity contribution in [3.63, 3.8) is 0 Å². The normalized spacial score (nSPS) is 15.5. The van der Waals surface area contributed by atoms with Gasteiger partial charge in [0.25, 0.3) is 5.91 Å². The van der Waals surface area contributed by atoms with E-state index < -0.39 is 0 Å². The van der Waals surface area contributed by atoms with E-state index in [4.69, 9.17) is 4.74 Å². The molecule has 2 aromatic carbocycles. The van der Waals surface area contributed by atoms with Gasteiger partial charge in [-0.1, -0.05) is 36.4 Å². The number of carbonyl (C=O) groups is 2. The first kappa shape index (κ1) is 19.0. The highest BCUT2D eigenvalue weighted by atomic mass is 16.5. The molecule has 0 fully saturated rings. The van der Waals surface area contributed by atoms with Crippen LogP contribution in [0.3, 0.4) is 0 Å². The lowest BCUT2D eigenvalue weighted by Gasteiger charge is -2.25. The summed E-state index contributed by atoms with van der Waals surface area (Å²) in [5.41, 5.74) is 3.22. The molecule has 27 heavy (non-hydrogen) atoms. The molecule has 5 heteroatoms. The second-order valence-electron chi connectivity index (χ2n) is 6.80. The first-order chi connectivity index (χ1) is 13.2. The molecular weight excluding hydrogens is 340 g/mol. The van der Waals surface area contributed by atoms with Gasteiger partial charge in [-0.25, -0.2) is 0 Å². The number of aryl methyl sites for hydroxylation is 1. The topological polar surface area (TPSA) is 67.4 Å².